The van der Waals surface area contributed by atoms with E-state index in [2.05, 4.69) is 0 Å². The normalized spacial score (nSPS) is 23.3. The van der Waals surface area contributed by atoms with Crippen molar-refractivity contribution < 1.29 is 24.6 Å². The zero-order valence-electron chi connectivity index (χ0n) is 16.5. The fraction of sp³-hybridized carbons (Fsp3) is 0.571. The quantitative estimate of drug-likeness (QED) is 0.410. The van der Waals surface area contributed by atoms with Crippen molar-refractivity contribution in [1.29, 1.82) is 0 Å². The van der Waals surface area contributed by atoms with Gasteiger partial charge in [0.25, 0.3) is 0 Å². The molecule has 0 aromatic rings. The Morgan fingerprint density at radius 1 is 1.12 bits per heavy atom. The first-order valence-electron chi connectivity index (χ1n) is 8.96. The minimum atomic E-state index is -2.24. The summed E-state index contributed by atoms with van der Waals surface area (Å²) in [7, 11) is 0. The van der Waals surface area contributed by atoms with Gasteiger partial charge in [0.2, 0.25) is 0 Å². The highest BCUT2D eigenvalue weighted by Gasteiger charge is 2.53. The summed E-state index contributed by atoms with van der Waals surface area (Å²) < 4.78 is 0. The van der Waals surface area contributed by atoms with E-state index in [0.717, 1.165) is 11.1 Å². The number of rotatable bonds is 7. The number of ketones is 3. The first-order valence-corrected chi connectivity index (χ1v) is 8.96. The third-order valence-electron chi connectivity index (χ3n) is 4.36. The average molecular weight is 362 g/mol. The number of Topliss-reactive ketones (excluding diaryl/α,β-unsaturated/α-hetero) is 3. The highest BCUT2D eigenvalue weighted by Crippen LogP contribution is 2.36. The average Bonchev–Trinajstić information content (AvgIpc) is 2.50. The molecule has 0 fully saturated rings. The monoisotopic (exact) mass is 362 g/mol. The standard InChI is InChI=1S/C21H30O5/c1-12(2)7-8-15-18(23)17(16(22)11-14(5)6)20(25)21(26,19(15)24)10-9-13(3)4/h7,9,14-15,25-26H,8,10-11H2,1-6H3/t15?,21-/m0/s1. The fourth-order valence-electron chi connectivity index (χ4n) is 2.88. The van der Waals surface area contributed by atoms with Crippen molar-refractivity contribution in [2.24, 2.45) is 11.8 Å². The molecule has 2 atom stereocenters. The summed E-state index contributed by atoms with van der Waals surface area (Å²) in [5, 5.41) is 21.5. The van der Waals surface area contributed by atoms with Crippen molar-refractivity contribution in [3.05, 3.63) is 34.6 Å². The number of aliphatic hydroxyl groups excluding tert-OH is 1. The van der Waals surface area contributed by atoms with Gasteiger partial charge >= 0.3 is 0 Å². The molecular formula is C21H30O5. The van der Waals surface area contributed by atoms with E-state index in [1.165, 1.54) is 0 Å². The number of aliphatic hydroxyl groups is 2. The number of carbonyl (C=O) groups excluding carboxylic acids is 3. The van der Waals surface area contributed by atoms with Crippen LogP contribution in [-0.2, 0) is 14.4 Å². The van der Waals surface area contributed by atoms with Crippen LogP contribution in [0.15, 0.2) is 34.6 Å². The lowest BCUT2D eigenvalue weighted by atomic mass is 9.71. The molecule has 5 heteroatoms. The van der Waals surface area contributed by atoms with Crippen molar-refractivity contribution in [2.45, 2.75) is 66.4 Å². The third kappa shape index (κ3) is 4.79. The highest BCUT2D eigenvalue weighted by atomic mass is 16.3. The minimum Gasteiger partial charge on any atom is -0.508 e. The number of allylic oxidation sites excluding steroid dienone is 4. The molecule has 1 aliphatic carbocycles. The lowest BCUT2D eigenvalue weighted by molar-refractivity contribution is -0.147. The van der Waals surface area contributed by atoms with Crippen LogP contribution in [0.2, 0.25) is 0 Å². The Balaban J connectivity index is 3.51. The summed E-state index contributed by atoms with van der Waals surface area (Å²) in [5.41, 5.74) is -0.887. The Morgan fingerprint density at radius 3 is 2.12 bits per heavy atom. The van der Waals surface area contributed by atoms with Gasteiger partial charge < -0.3 is 10.2 Å². The van der Waals surface area contributed by atoms with Crippen LogP contribution in [0.25, 0.3) is 0 Å². The zero-order valence-corrected chi connectivity index (χ0v) is 16.5. The van der Waals surface area contributed by atoms with Crippen molar-refractivity contribution in [1.82, 2.24) is 0 Å². The third-order valence-corrected chi connectivity index (χ3v) is 4.36. The maximum absolute atomic E-state index is 12.8. The fourth-order valence-corrected chi connectivity index (χ4v) is 2.88. The van der Waals surface area contributed by atoms with Gasteiger partial charge in [0, 0.05) is 12.8 Å². The van der Waals surface area contributed by atoms with Crippen LogP contribution in [0.1, 0.15) is 60.8 Å². The van der Waals surface area contributed by atoms with Crippen LogP contribution >= 0.6 is 0 Å². The molecule has 0 aliphatic heterocycles. The van der Waals surface area contributed by atoms with Gasteiger partial charge in [-0.3, -0.25) is 14.4 Å². The molecule has 1 rings (SSSR count). The maximum Gasteiger partial charge on any atom is 0.184 e. The molecular weight excluding hydrogens is 332 g/mol. The van der Waals surface area contributed by atoms with E-state index in [1.54, 1.807) is 26.0 Å². The van der Waals surface area contributed by atoms with Crippen LogP contribution in [0.4, 0.5) is 0 Å². The van der Waals surface area contributed by atoms with Crippen LogP contribution < -0.4 is 0 Å². The molecule has 0 spiro atoms. The molecule has 144 valence electrons. The van der Waals surface area contributed by atoms with E-state index < -0.39 is 40.2 Å². The Bertz CT molecular complexity index is 685. The summed E-state index contributed by atoms with van der Waals surface area (Å²) in [6.45, 7) is 10.9. The van der Waals surface area contributed by atoms with Gasteiger partial charge in [-0.25, -0.2) is 0 Å². The first-order chi connectivity index (χ1) is 11.9. The molecule has 0 radical (unpaired) electrons. The Morgan fingerprint density at radius 2 is 1.65 bits per heavy atom. The molecule has 0 aromatic carbocycles. The molecule has 0 bridgehead atoms. The smallest absolute Gasteiger partial charge is 0.184 e. The van der Waals surface area contributed by atoms with Crippen molar-refractivity contribution in [3.63, 3.8) is 0 Å². The highest BCUT2D eigenvalue weighted by molar-refractivity contribution is 6.29. The second kappa shape index (κ2) is 8.58. The lowest BCUT2D eigenvalue weighted by Crippen LogP contribution is -2.52. The summed E-state index contributed by atoms with van der Waals surface area (Å²) in [6.07, 6.45) is 3.34. The summed E-state index contributed by atoms with van der Waals surface area (Å²) in [4.78, 5) is 38.2. The molecule has 2 N–H and O–H groups in total. The molecule has 1 aliphatic rings. The van der Waals surface area contributed by atoms with Gasteiger partial charge in [-0.1, -0.05) is 37.1 Å². The van der Waals surface area contributed by atoms with Gasteiger partial charge in [0.1, 0.15) is 11.3 Å². The molecule has 0 aromatic heterocycles. The van der Waals surface area contributed by atoms with Crippen molar-refractivity contribution in [3.8, 4) is 0 Å². The molecule has 1 unspecified atom stereocenters. The first kappa shape index (κ1) is 22.0. The Labute approximate surface area is 155 Å². The molecule has 0 heterocycles. The van der Waals surface area contributed by atoms with Crippen LogP contribution in [-0.4, -0.2) is 33.2 Å². The SMILES string of the molecule is CC(C)=CCC1C(=O)C(C(=O)CC(C)C)=C(O)[C@](O)(CC=C(C)C)C1=O. The minimum absolute atomic E-state index is 0.0182. The van der Waals surface area contributed by atoms with E-state index in [1.807, 2.05) is 27.7 Å². The summed E-state index contributed by atoms with van der Waals surface area (Å²) in [5.74, 6) is -3.97. The van der Waals surface area contributed by atoms with E-state index in [4.69, 9.17) is 0 Å². The topological polar surface area (TPSA) is 91.7 Å². The van der Waals surface area contributed by atoms with Gasteiger partial charge in [-0.15, -0.1) is 0 Å². The van der Waals surface area contributed by atoms with Crippen LogP contribution in [0.3, 0.4) is 0 Å². The lowest BCUT2D eigenvalue weighted by Gasteiger charge is -2.34. The number of carbonyl (C=O) groups is 3. The maximum atomic E-state index is 12.8. The predicted molar refractivity (Wildman–Crippen MR) is 101 cm³/mol. The van der Waals surface area contributed by atoms with Gasteiger partial charge in [0.05, 0.1) is 5.92 Å². The molecule has 0 saturated carbocycles. The van der Waals surface area contributed by atoms with Crippen LogP contribution in [0, 0.1) is 11.8 Å². The second-order valence-electron chi connectivity index (χ2n) is 7.89. The predicted octanol–water partition coefficient (Wildman–Crippen LogP) is 3.63. The van der Waals surface area contributed by atoms with E-state index >= 15 is 0 Å². The van der Waals surface area contributed by atoms with Crippen LogP contribution in [0.5, 0.6) is 0 Å². The summed E-state index contributed by atoms with van der Waals surface area (Å²) in [6, 6.07) is 0. The summed E-state index contributed by atoms with van der Waals surface area (Å²) >= 11 is 0. The second-order valence-corrected chi connectivity index (χ2v) is 7.89. The van der Waals surface area contributed by atoms with E-state index in [9.17, 15) is 24.6 Å². The molecule has 5 nitrogen and oxygen atoms in total. The molecule has 0 amide bonds. The number of hydrogen-bond donors (Lipinski definition) is 2. The van der Waals surface area contributed by atoms with E-state index in [0.29, 0.717) is 0 Å². The molecule has 0 saturated heterocycles. The zero-order chi connectivity index (χ0) is 20.2. The van der Waals surface area contributed by atoms with Crippen molar-refractivity contribution >= 4 is 17.3 Å². The number of hydrogen-bond acceptors (Lipinski definition) is 5. The van der Waals surface area contributed by atoms with E-state index in [-0.39, 0.29) is 25.2 Å². The largest absolute Gasteiger partial charge is 0.508 e. The van der Waals surface area contributed by atoms with Crippen molar-refractivity contribution in [2.75, 3.05) is 0 Å². The Kier molecular flexibility index (Phi) is 7.27. The Hall–Kier alpha value is -2.01. The molecule has 26 heavy (non-hydrogen) atoms. The van der Waals surface area contributed by atoms with Gasteiger partial charge in [-0.05, 0) is 40.0 Å². The van der Waals surface area contributed by atoms with Gasteiger partial charge in [0.15, 0.2) is 23.0 Å². The van der Waals surface area contributed by atoms with Gasteiger partial charge in [-0.2, -0.15) is 0 Å².